The highest BCUT2D eigenvalue weighted by Crippen LogP contribution is 2.19. The van der Waals surface area contributed by atoms with E-state index in [-0.39, 0.29) is 12.8 Å². The van der Waals surface area contributed by atoms with Crippen molar-refractivity contribution in [2.45, 2.75) is 31.3 Å². The molecule has 6 heteroatoms. The van der Waals surface area contributed by atoms with Gasteiger partial charge in [-0.15, -0.1) is 0 Å². The Morgan fingerprint density at radius 1 is 1.00 bits per heavy atom. The molecule has 1 aliphatic rings. The summed E-state index contributed by atoms with van der Waals surface area (Å²) >= 11 is 0. The Hall–Kier alpha value is -1.14. The second kappa shape index (κ2) is 5.09. The van der Waals surface area contributed by atoms with Gasteiger partial charge in [-0.05, 0) is 12.8 Å². The zero-order valence-electron chi connectivity index (χ0n) is 8.45. The van der Waals surface area contributed by atoms with E-state index in [4.69, 9.17) is 10.2 Å². The van der Waals surface area contributed by atoms with Gasteiger partial charge in [-0.2, -0.15) is 0 Å². The average Bonchev–Trinajstić information content (AvgIpc) is 2.61. The Kier molecular flexibility index (Phi) is 4.05. The SMILES string of the molecule is O=C(O)CCC1(CCC(=O)O)NCCN1. The fourth-order valence-corrected chi connectivity index (χ4v) is 1.79. The van der Waals surface area contributed by atoms with Gasteiger partial charge in [0.1, 0.15) is 0 Å². The molecule has 1 rings (SSSR count). The lowest BCUT2D eigenvalue weighted by Crippen LogP contribution is -2.49. The van der Waals surface area contributed by atoms with E-state index in [9.17, 15) is 9.59 Å². The number of carboxylic acids is 2. The summed E-state index contributed by atoms with van der Waals surface area (Å²) in [6.45, 7) is 1.50. The van der Waals surface area contributed by atoms with Gasteiger partial charge in [0.15, 0.2) is 0 Å². The molecular weight excluding hydrogens is 200 g/mol. The maximum atomic E-state index is 10.5. The summed E-state index contributed by atoms with van der Waals surface area (Å²) in [5, 5.41) is 23.5. The number of carbonyl (C=O) groups is 2. The number of hydrogen-bond acceptors (Lipinski definition) is 4. The van der Waals surface area contributed by atoms with Gasteiger partial charge in [-0.1, -0.05) is 0 Å². The molecule has 15 heavy (non-hydrogen) atoms. The van der Waals surface area contributed by atoms with Gasteiger partial charge < -0.3 is 10.2 Å². The average molecular weight is 216 g/mol. The summed E-state index contributed by atoms with van der Waals surface area (Å²) in [6.07, 6.45) is 0.907. The molecule has 0 bridgehead atoms. The standard InChI is InChI=1S/C9H16N2O4/c12-7(13)1-3-9(4-2-8(14)15)10-5-6-11-9/h10-11H,1-6H2,(H,12,13)(H,14,15). The lowest BCUT2D eigenvalue weighted by molar-refractivity contribution is -0.137. The number of carboxylic acid groups (broad SMARTS) is 2. The topological polar surface area (TPSA) is 98.7 Å². The molecule has 6 nitrogen and oxygen atoms in total. The Balaban J connectivity index is 2.46. The number of hydrogen-bond donors (Lipinski definition) is 4. The fourth-order valence-electron chi connectivity index (χ4n) is 1.79. The lowest BCUT2D eigenvalue weighted by atomic mass is 9.98. The first-order chi connectivity index (χ1) is 7.04. The van der Waals surface area contributed by atoms with Crippen molar-refractivity contribution in [2.75, 3.05) is 13.1 Å². The van der Waals surface area contributed by atoms with E-state index in [0.29, 0.717) is 12.8 Å². The molecular formula is C9H16N2O4. The van der Waals surface area contributed by atoms with Crippen molar-refractivity contribution >= 4 is 11.9 Å². The largest absolute Gasteiger partial charge is 0.481 e. The van der Waals surface area contributed by atoms with Crippen LogP contribution in [0, 0.1) is 0 Å². The molecule has 0 saturated carbocycles. The van der Waals surface area contributed by atoms with Gasteiger partial charge in [0.25, 0.3) is 0 Å². The lowest BCUT2D eigenvalue weighted by Gasteiger charge is -2.28. The van der Waals surface area contributed by atoms with Gasteiger partial charge in [0.05, 0.1) is 5.66 Å². The fraction of sp³-hybridized carbons (Fsp3) is 0.778. The molecule has 0 atom stereocenters. The minimum Gasteiger partial charge on any atom is -0.481 e. The number of aliphatic carboxylic acids is 2. The highest BCUT2D eigenvalue weighted by molar-refractivity contribution is 5.67. The summed E-state index contributed by atoms with van der Waals surface area (Å²) in [4.78, 5) is 20.9. The van der Waals surface area contributed by atoms with Gasteiger partial charge >= 0.3 is 11.9 Å². The van der Waals surface area contributed by atoms with Crippen LogP contribution in [0.15, 0.2) is 0 Å². The van der Waals surface area contributed by atoms with Crippen LogP contribution in [0.5, 0.6) is 0 Å². The first-order valence-electron chi connectivity index (χ1n) is 4.98. The van der Waals surface area contributed by atoms with Crippen LogP contribution in [-0.2, 0) is 9.59 Å². The summed E-state index contributed by atoms with van der Waals surface area (Å²) in [5.41, 5.74) is -0.503. The first kappa shape index (κ1) is 11.9. The summed E-state index contributed by atoms with van der Waals surface area (Å²) in [5.74, 6) is -1.72. The first-order valence-corrected chi connectivity index (χ1v) is 4.98. The van der Waals surface area contributed by atoms with Gasteiger partial charge in [0.2, 0.25) is 0 Å². The van der Waals surface area contributed by atoms with Crippen LogP contribution in [0.4, 0.5) is 0 Å². The van der Waals surface area contributed by atoms with Crippen LogP contribution < -0.4 is 10.6 Å². The Morgan fingerprint density at radius 2 is 1.40 bits per heavy atom. The quantitative estimate of drug-likeness (QED) is 0.482. The van der Waals surface area contributed by atoms with Gasteiger partial charge in [0, 0.05) is 25.9 Å². The minimum absolute atomic E-state index is 0.0413. The smallest absolute Gasteiger partial charge is 0.303 e. The van der Waals surface area contributed by atoms with Crippen molar-refractivity contribution in [2.24, 2.45) is 0 Å². The van der Waals surface area contributed by atoms with E-state index in [1.807, 2.05) is 0 Å². The molecule has 4 N–H and O–H groups in total. The highest BCUT2D eigenvalue weighted by Gasteiger charge is 2.33. The predicted molar refractivity (Wildman–Crippen MR) is 52.5 cm³/mol. The van der Waals surface area contributed by atoms with E-state index >= 15 is 0 Å². The molecule has 0 aromatic rings. The Morgan fingerprint density at radius 3 is 1.73 bits per heavy atom. The van der Waals surface area contributed by atoms with E-state index in [1.165, 1.54) is 0 Å². The number of rotatable bonds is 6. The zero-order valence-corrected chi connectivity index (χ0v) is 8.45. The monoisotopic (exact) mass is 216 g/mol. The summed E-state index contributed by atoms with van der Waals surface area (Å²) in [7, 11) is 0. The Labute approximate surface area is 87.7 Å². The van der Waals surface area contributed by atoms with Crippen molar-refractivity contribution in [1.82, 2.24) is 10.6 Å². The third-order valence-electron chi connectivity index (χ3n) is 2.58. The third kappa shape index (κ3) is 3.85. The Bertz CT molecular complexity index is 228. The predicted octanol–water partition coefficient (Wildman–Crippen LogP) is -0.395. The molecule has 0 radical (unpaired) electrons. The molecule has 1 aliphatic heterocycles. The molecule has 1 heterocycles. The highest BCUT2D eigenvalue weighted by atomic mass is 16.4. The zero-order chi connectivity index (χ0) is 11.3. The van der Waals surface area contributed by atoms with Crippen molar-refractivity contribution in [3.8, 4) is 0 Å². The second-order valence-corrected chi connectivity index (χ2v) is 3.72. The van der Waals surface area contributed by atoms with Crippen molar-refractivity contribution in [3.63, 3.8) is 0 Å². The molecule has 1 saturated heterocycles. The third-order valence-corrected chi connectivity index (χ3v) is 2.58. The molecule has 0 aromatic carbocycles. The van der Waals surface area contributed by atoms with Crippen LogP contribution in [0.25, 0.3) is 0 Å². The van der Waals surface area contributed by atoms with Gasteiger partial charge in [-0.3, -0.25) is 20.2 Å². The second-order valence-electron chi connectivity index (χ2n) is 3.72. The molecule has 1 fully saturated rings. The molecule has 0 aromatic heterocycles. The van der Waals surface area contributed by atoms with Crippen molar-refractivity contribution in [3.05, 3.63) is 0 Å². The molecule has 0 aliphatic carbocycles. The number of nitrogens with one attached hydrogen (secondary N) is 2. The molecule has 0 amide bonds. The van der Waals surface area contributed by atoms with E-state index in [1.54, 1.807) is 0 Å². The molecule has 0 spiro atoms. The van der Waals surface area contributed by atoms with Crippen molar-refractivity contribution < 1.29 is 19.8 Å². The summed E-state index contributed by atoms with van der Waals surface area (Å²) < 4.78 is 0. The van der Waals surface area contributed by atoms with Crippen LogP contribution in [0.3, 0.4) is 0 Å². The molecule has 86 valence electrons. The van der Waals surface area contributed by atoms with E-state index in [0.717, 1.165) is 13.1 Å². The van der Waals surface area contributed by atoms with E-state index in [2.05, 4.69) is 10.6 Å². The maximum Gasteiger partial charge on any atom is 0.303 e. The summed E-state index contributed by atoms with van der Waals surface area (Å²) in [6, 6.07) is 0. The van der Waals surface area contributed by atoms with E-state index < -0.39 is 17.6 Å². The van der Waals surface area contributed by atoms with Crippen LogP contribution in [0.1, 0.15) is 25.7 Å². The van der Waals surface area contributed by atoms with Crippen LogP contribution in [-0.4, -0.2) is 40.9 Å². The van der Waals surface area contributed by atoms with Crippen LogP contribution in [0.2, 0.25) is 0 Å². The van der Waals surface area contributed by atoms with Crippen molar-refractivity contribution in [1.29, 1.82) is 0 Å². The van der Waals surface area contributed by atoms with Crippen LogP contribution >= 0.6 is 0 Å². The normalized spacial score (nSPS) is 18.9. The molecule has 0 unspecified atom stereocenters. The van der Waals surface area contributed by atoms with Gasteiger partial charge in [-0.25, -0.2) is 0 Å². The maximum absolute atomic E-state index is 10.5. The minimum atomic E-state index is -0.861.